The number of fused-ring (bicyclic) bond motifs is 5. The molecule has 1 fully saturated rings. The standard InChI is InChI=1S/C58H58N4O7Si/c1-37-56(70(3,4)47-25-23-46(68-2)24-26-47)52(33-55(66)59-35-42-16-6-5-15-41(42)31-45(59)36-63)69-58(37)48-32-44(62-50-19-10-8-14-40(50)21-29-54(62)65)22-27-51(48)60(57(58)67)34-38-12-11-17-43(30-38)61-49-18-9-7-13-39(49)20-28-53(61)64/h5-19,22-27,30,32,37,45,52,56,63H,20-21,28-29,31,33-36H2,1-4H3/t37-,45+,52+,56-,58+/m1/s1. The van der Waals surface area contributed by atoms with Gasteiger partial charge in [-0.3, -0.25) is 29.0 Å². The van der Waals surface area contributed by atoms with Crippen LogP contribution in [0.4, 0.5) is 28.4 Å². The third kappa shape index (κ3) is 7.46. The quantitative estimate of drug-likeness (QED) is 0.136. The minimum absolute atomic E-state index is 0.00960. The van der Waals surface area contributed by atoms with Gasteiger partial charge in [-0.2, -0.15) is 0 Å². The number of nitrogens with zero attached hydrogens (tertiary/aromatic N) is 4. The van der Waals surface area contributed by atoms with Crippen LogP contribution in [0.3, 0.4) is 0 Å². The lowest BCUT2D eigenvalue weighted by molar-refractivity contribution is -0.151. The lowest BCUT2D eigenvalue weighted by Gasteiger charge is -2.39. The molecule has 0 aromatic heterocycles. The second-order valence-electron chi connectivity index (χ2n) is 20.2. The summed E-state index contributed by atoms with van der Waals surface area (Å²) in [7, 11) is -1.04. The summed E-state index contributed by atoms with van der Waals surface area (Å²) in [6.45, 7) is 7.09. The van der Waals surface area contributed by atoms with E-state index in [0.717, 1.165) is 55.8 Å². The Hall–Kier alpha value is -6.86. The third-order valence-corrected chi connectivity index (χ3v) is 20.4. The van der Waals surface area contributed by atoms with Crippen LogP contribution in [0, 0.1) is 5.92 Å². The minimum atomic E-state index is -2.69. The zero-order valence-electron chi connectivity index (χ0n) is 40.1. The van der Waals surface area contributed by atoms with Crippen molar-refractivity contribution in [2.45, 2.75) is 94.9 Å². The maximum Gasteiger partial charge on any atom is 0.264 e. The van der Waals surface area contributed by atoms with Crippen LogP contribution in [-0.4, -0.2) is 67.6 Å². The van der Waals surface area contributed by atoms with Gasteiger partial charge >= 0.3 is 0 Å². The maximum atomic E-state index is 16.1. The van der Waals surface area contributed by atoms with Crippen molar-refractivity contribution in [2.75, 3.05) is 28.4 Å². The van der Waals surface area contributed by atoms with Crippen LogP contribution in [0.15, 0.2) is 140 Å². The predicted octanol–water partition coefficient (Wildman–Crippen LogP) is 9.02. The number of para-hydroxylation sites is 2. The summed E-state index contributed by atoms with van der Waals surface area (Å²) >= 11 is 0. The van der Waals surface area contributed by atoms with E-state index in [1.54, 1.807) is 26.7 Å². The number of anilines is 5. The zero-order chi connectivity index (χ0) is 48.5. The average molecular weight is 951 g/mol. The molecule has 0 unspecified atom stereocenters. The first-order valence-electron chi connectivity index (χ1n) is 24.6. The van der Waals surface area contributed by atoms with E-state index in [1.165, 1.54) is 0 Å². The highest BCUT2D eigenvalue weighted by Gasteiger charge is 2.67. The molecule has 356 valence electrons. The Labute approximate surface area is 410 Å². The molecule has 11 rings (SSSR count). The van der Waals surface area contributed by atoms with Crippen LogP contribution in [-0.2, 0) is 61.9 Å². The van der Waals surface area contributed by atoms with Gasteiger partial charge < -0.3 is 24.4 Å². The molecule has 1 saturated heterocycles. The van der Waals surface area contributed by atoms with Gasteiger partial charge in [-0.25, -0.2) is 0 Å². The van der Waals surface area contributed by atoms with E-state index in [9.17, 15) is 14.7 Å². The average Bonchev–Trinajstić information content (AvgIpc) is 3.80. The van der Waals surface area contributed by atoms with Gasteiger partial charge in [0.2, 0.25) is 17.7 Å². The van der Waals surface area contributed by atoms with Crippen molar-refractivity contribution in [3.05, 3.63) is 173 Å². The van der Waals surface area contributed by atoms with Crippen molar-refractivity contribution < 1.29 is 33.8 Å². The number of amides is 4. The number of carbonyl (C=O) groups excluding carboxylic acids is 4. The highest BCUT2D eigenvalue weighted by atomic mass is 28.3. The molecule has 6 aromatic rings. The highest BCUT2D eigenvalue weighted by Crippen LogP contribution is 2.61. The van der Waals surface area contributed by atoms with Gasteiger partial charge in [0.15, 0.2) is 5.60 Å². The summed E-state index contributed by atoms with van der Waals surface area (Å²) in [5.74, 6) is -0.0824. The maximum absolute atomic E-state index is 16.1. The van der Waals surface area contributed by atoms with Gasteiger partial charge in [0.25, 0.3) is 5.91 Å². The number of hydrogen-bond donors (Lipinski definition) is 1. The van der Waals surface area contributed by atoms with Gasteiger partial charge in [-0.05, 0) is 107 Å². The second-order valence-corrected chi connectivity index (χ2v) is 24.9. The van der Waals surface area contributed by atoms with E-state index in [0.29, 0.717) is 55.6 Å². The molecule has 4 amide bonds. The Balaban J connectivity index is 1.03. The number of aliphatic hydroxyl groups excluding tert-OH is 1. The van der Waals surface area contributed by atoms with Crippen molar-refractivity contribution in [1.82, 2.24) is 4.90 Å². The first-order valence-corrected chi connectivity index (χ1v) is 27.7. The molecular weight excluding hydrogens is 893 g/mol. The minimum Gasteiger partial charge on any atom is -0.497 e. The summed E-state index contributed by atoms with van der Waals surface area (Å²) < 4.78 is 13.1. The first-order chi connectivity index (χ1) is 33.9. The van der Waals surface area contributed by atoms with Gasteiger partial charge in [-0.1, -0.05) is 110 Å². The largest absolute Gasteiger partial charge is 0.497 e. The summed E-state index contributed by atoms with van der Waals surface area (Å²) in [5, 5.41) is 11.8. The second kappa shape index (κ2) is 17.8. The Kier molecular flexibility index (Phi) is 11.6. The van der Waals surface area contributed by atoms with E-state index >= 15 is 9.59 Å². The molecule has 5 heterocycles. The van der Waals surface area contributed by atoms with Crippen LogP contribution in [0.25, 0.3) is 0 Å². The Morgan fingerprint density at radius 1 is 0.714 bits per heavy atom. The first kappa shape index (κ1) is 45.6. The number of ether oxygens (including phenoxy) is 2. The summed E-state index contributed by atoms with van der Waals surface area (Å²) in [6.07, 6.45) is 1.94. The summed E-state index contributed by atoms with van der Waals surface area (Å²) in [5.41, 5.74) is 7.78. The van der Waals surface area contributed by atoms with E-state index in [2.05, 4.69) is 50.3 Å². The summed E-state index contributed by atoms with van der Waals surface area (Å²) in [4.78, 5) is 66.0. The fraction of sp³-hybridized carbons (Fsp3) is 0.310. The molecule has 5 atom stereocenters. The van der Waals surface area contributed by atoms with E-state index in [4.69, 9.17) is 9.47 Å². The zero-order valence-corrected chi connectivity index (χ0v) is 41.1. The molecule has 0 aliphatic carbocycles. The number of aryl methyl sites for hydroxylation is 2. The number of hydrogen-bond acceptors (Lipinski definition) is 7. The van der Waals surface area contributed by atoms with Gasteiger partial charge in [0.1, 0.15) is 5.75 Å². The van der Waals surface area contributed by atoms with E-state index in [1.807, 2.05) is 109 Å². The highest BCUT2D eigenvalue weighted by molar-refractivity contribution is 6.91. The van der Waals surface area contributed by atoms with Crippen LogP contribution >= 0.6 is 0 Å². The number of rotatable bonds is 10. The lowest BCUT2D eigenvalue weighted by atomic mass is 9.82. The van der Waals surface area contributed by atoms with Crippen molar-refractivity contribution in [3.8, 4) is 5.75 Å². The molecule has 0 saturated carbocycles. The SMILES string of the molecule is COc1ccc([Si](C)(C)[C@H]2[C@H](CC(=O)N3Cc4ccccc4C[C@H]3CO)O[C@@]3(C(=O)N(Cc4cccc(N5C(=O)CCc6ccccc65)c4)c4ccc(N5C(=O)CCc6ccccc65)cc43)[C@@H]2C)cc1. The van der Waals surface area contributed by atoms with Gasteiger partial charge in [0.05, 0.1) is 64.0 Å². The van der Waals surface area contributed by atoms with Crippen LogP contribution in [0.2, 0.25) is 18.6 Å². The monoisotopic (exact) mass is 950 g/mol. The van der Waals surface area contributed by atoms with E-state index < -0.39 is 31.7 Å². The molecule has 5 aliphatic rings. The summed E-state index contributed by atoms with van der Waals surface area (Å²) in [6, 6.07) is 45.5. The third-order valence-electron chi connectivity index (χ3n) is 16.0. The topological polar surface area (TPSA) is 120 Å². The van der Waals surface area contributed by atoms with Crippen LogP contribution < -0.4 is 24.6 Å². The molecule has 1 spiro atoms. The van der Waals surface area contributed by atoms with Gasteiger partial charge in [0, 0.05) is 42.2 Å². The molecule has 0 radical (unpaired) electrons. The Bertz CT molecular complexity index is 3070. The van der Waals surface area contributed by atoms with Crippen molar-refractivity contribution in [2.24, 2.45) is 5.92 Å². The Morgan fingerprint density at radius 3 is 1.97 bits per heavy atom. The van der Waals surface area contributed by atoms with Crippen molar-refractivity contribution >= 4 is 65.3 Å². The lowest BCUT2D eigenvalue weighted by Crippen LogP contribution is -2.52. The number of carbonyl (C=O) groups is 4. The molecule has 1 N–H and O–H groups in total. The molecule has 5 aliphatic heterocycles. The fourth-order valence-electron chi connectivity index (χ4n) is 12.5. The number of aliphatic hydroxyl groups is 1. The van der Waals surface area contributed by atoms with E-state index in [-0.39, 0.29) is 48.7 Å². The Morgan fingerprint density at radius 2 is 1.33 bits per heavy atom. The molecule has 6 aromatic carbocycles. The van der Waals surface area contributed by atoms with Gasteiger partial charge in [-0.15, -0.1) is 0 Å². The number of benzene rings is 6. The van der Waals surface area contributed by atoms with Crippen molar-refractivity contribution in [3.63, 3.8) is 0 Å². The number of methoxy groups -OCH3 is 1. The molecule has 0 bridgehead atoms. The smallest absolute Gasteiger partial charge is 0.264 e. The fourth-order valence-corrected chi connectivity index (χ4v) is 16.5. The molecular formula is C58H58N4O7Si. The van der Waals surface area contributed by atoms with Crippen LogP contribution in [0.5, 0.6) is 5.75 Å². The van der Waals surface area contributed by atoms with Crippen LogP contribution in [0.1, 0.15) is 59.6 Å². The normalized spacial score (nSPS) is 22.8. The predicted molar refractivity (Wildman–Crippen MR) is 274 cm³/mol. The molecule has 12 heteroatoms. The molecule has 11 nitrogen and oxygen atoms in total. The molecule has 70 heavy (non-hydrogen) atoms. The van der Waals surface area contributed by atoms with Crippen molar-refractivity contribution in [1.29, 1.82) is 0 Å².